The molecular weight excluding hydrogens is 798 g/mol. The number of nitrogens with one attached hydrogen (secondary N) is 4. The second-order valence-corrected chi connectivity index (χ2v) is 17.6. The molecule has 7 heterocycles. The van der Waals surface area contributed by atoms with Crippen LogP contribution in [0.25, 0.3) is 22.3 Å². The summed E-state index contributed by atoms with van der Waals surface area (Å²) in [7, 11) is -4.54. The Balaban J connectivity index is 1.03. The van der Waals surface area contributed by atoms with Crippen molar-refractivity contribution < 1.29 is 45.3 Å². The molecule has 4 N–H and O–H groups in total. The zero-order valence-electron chi connectivity index (χ0n) is 29.4. The topological polar surface area (TPSA) is 275 Å². The molecule has 0 aliphatic carbocycles. The van der Waals surface area contributed by atoms with E-state index in [0.29, 0.717) is 5.56 Å². The average molecular weight is 832 g/mol. The van der Waals surface area contributed by atoms with E-state index < -0.39 is 83.8 Å². The molecule has 0 spiro atoms. The molecule has 7 atom stereocenters. The minimum Gasteiger partial charge on any atom is -0.351 e. The molecule has 25 heteroatoms. The third-order valence-electron chi connectivity index (χ3n) is 9.14. The molecule has 22 nitrogen and oxygen atoms in total. The number of carbonyl (C=O) groups excluding carboxylic acids is 2. The molecular formula is C31H34N11O11PS2. The lowest BCUT2D eigenvalue weighted by molar-refractivity contribution is -0.118. The first-order valence-electron chi connectivity index (χ1n) is 17.2. The number of thiol groups is 1. The number of fused-ring (bicyclic) bond motifs is 5. The number of anilines is 2. The number of hydrogen-bond donors (Lipinski definition) is 5. The van der Waals surface area contributed by atoms with Gasteiger partial charge in [0.1, 0.15) is 24.8 Å². The average Bonchev–Trinajstić information content (AvgIpc) is 3.95. The first kappa shape index (κ1) is 38.2. The molecule has 56 heavy (non-hydrogen) atoms. The summed E-state index contributed by atoms with van der Waals surface area (Å²) in [6.45, 7) is -1.58. The number of amides is 2. The number of benzene rings is 1. The summed E-state index contributed by atoms with van der Waals surface area (Å²) >= 11 is 4.20. The molecule has 5 aromatic rings. The van der Waals surface area contributed by atoms with Gasteiger partial charge >= 0.3 is 17.1 Å². The maximum Gasteiger partial charge on any atom is 0.386 e. The SMILES string of the molecule is CC(C)C(=O)Nc1nc2c(ncn2[C@H]2O[C@@H]3CO[P@@](=O)(S)O[C@H]4C[C@H](n5cnc6c(NC(=O)c7ccccc7)ncnc65)O[C@@H]4CNS(=O)(=O)O[C@@H]2C3)c(=O)[nH]1. The summed E-state index contributed by atoms with van der Waals surface area (Å²) in [4.78, 5) is 61.8. The van der Waals surface area contributed by atoms with Crippen LogP contribution in [0.5, 0.6) is 0 Å². The summed E-state index contributed by atoms with van der Waals surface area (Å²) < 4.78 is 75.3. The fourth-order valence-corrected chi connectivity index (χ4v) is 8.91. The van der Waals surface area contributed by atoms with Crippen LogP contribution in [0, 0.1) is 5.92 Å². The van der Waals surface area contributed by atoms with Crippen LogP contribution in [-0.4, -0.2) is 96.8 Å². The predicted octanol–water partition coefficient (Wildman–Crippen LogP) is 2.05. The Labute approximate surface area is 322 Å². The van der Waals surface area contributed by atoms with E-state index >= 15 is 0 Å². The van der Waals surface area contributed by atoms with Crippen molar-refractivity contribution in [2.24, 2.45) is 5.92 Å². The van der Waals surface area contributed by atoms with Crippen LogP contribution in [0.3, 0.4) is 0 Å². The Morgan fingerprint density at radius 1 is 0.964 bits per heavy atom. The van der Waals surface area contributed by atoms with E-state index in [9.17, 15) is 27.4 Å². The highest BCUT2D eigenvalue weighted by molar-refractivity contribution is 8.44. The van der Waals surface area contributed by atoms with Crippen LogP contribution in [0.15, 0.2) is 54.1 Å². The van der Waals surface area contributed by atoms with Gasteiger partial charge in [-0.15, -0.1) is 0 Å². The van der Waals surface area contributed by atoms with Crippen molar-refractivity contribution in [1.82, 2.24) is 43.8 Å². The van der Waals surface area contributed by atoms with Gasteiger partial charge in [-0.05, 0) is 12.1 Å². The number of aromatic nitrogens is 8. The van der Waals surface area contributed by atoms with Crippen molar-refractivity contribution >= 4 is 75.3 Å². The third kappa shape index (κ3) is 7.83. The van der Waals surface area contributed by atoms with Crippen molar-refractivity contribution in [3.63, 3.8) is 0 Å². The minimum atomic E-state index is -4.54. The zero-order valence-corrected chi connectivity index (χ0v) is 32.0. The molecule has 3 aliphatic heterocycles. The molecule has 3 saturated heterocycles. The van der Waals surface area contributed by atoms with Crippen molar-refractivity contribution in [2.75, 3.05) is 23.8 Å². The fourth-order valence-electron chi connectivity index (χ4n) is 6.44. The van der Waals surface area contributed by atoms with E-state index in [0.717, 1.165) is 0 Å². The lowest BCUT2D eigenvalue weighted by Crippen LogP contribution is -2.40. The smallest absolute Gasteiger partial charge is 0.351 e. The van der Waals surface area contributed by atoms with Gasteiger partial charge in [-0.2, -0.15) is 18.1 Å². The highest BCUT2D eigenvalue weighted by Crippen LogP contribution is 2.56. The standard InChI is InChI=1S/C31H34N11O11PS2/c1-15(2)27(43)39-31-38-26-23(29(45)40-31)35-14-42(26)30-19-8-17(50-30)11-49-54(46,55)52-18-9-21(51-20(18)10-36-56(47,48)53-19)41-13-34-22-24(32-12-33-25(22)41)37-28(44)16-6-4-3-5-7-16/h3-7,12-15,17-21,30,36H,8-11H2,1-2H3,(H,46,55)(H,32,33,37,44)(H2,38,39,40,43,45)/t17-,18-,19+,20+,21+,30-,54+/m0/s1. The number of H-pyrrole nitrogens is 1. The van der Waals surface area contributed by atoms with Crippen LogP contribution >= 0.6 is 19.0 Å². The van der Waals surface area contributed by atoms with Crippen LogP contribution < -0.4 is 20.9 Å². The summed E-state index contributed by atoms with van der Waals surface area (Å²) in [5.74, 6) is -1.23. The first-order valence-corrected chi connectivity index (χ1v) is 21.3. The minimum absolute atomic E-state index is 0.0288. The maximum absolute atomic E-state index is 13.6. The predicted molar refractivity (Wildman–Crippen MR) is 198 cm³/mol. The highest BCUT2D eigenvalue weighted by Gasteiger charge is 2.46. The first-order chi connectivity index (χ1) is 26.7. The van der Waals surface area contributed by atoms with Gasteiger partial charge in [0.2, 0.25) is 11.9 Å². The van der Waals surface area contributed by atoms with Crippen LogP contribution in [0.1, 0.15) is 49.5 Å². The molecule has 2 bridgehead atoms. The Morgan fingerprint density at radius 3 is 2.52 bits per heavy atom. The second-order valence-electron chi connectivity index (χ2n) is 13.3. The molecule has 0 saturated carbocycles. The van der Waals surface area contributed by atoms with E-state index in [2.05, 4.69) is 57.5 Å². The van der Waals surface area contributed by atoms with Gasteiger partial charge in [-0.25, -0.2) is 28.7 Å². The number of rotatable bonds is 6. The van der Waals surface area contributed by atoms with Crippen molar-refractivity contribution in [3.05, 3.63) is 65.2 Å². The Morgan fingerprint density at radius 2 is 1.73 bits per heavy atom. The van der Waals surface area contributed by atoms with E-state index in [-0.39, 0.29) is 53.5 Å². The molecule has 1 aromatic carbocycles. The fraction of sp³-hybridized carbons (Fsp3) is 0.419. The van der Waals surface area contributed by atoms with Gasteiger partial charge in [0.25, 0.3) is 11.5 Å². The second kappa shape index (κ2) is 15.0. The number of aromatic amines is 1. The summed E-state index contributed by atoms with van der Waals surface area (Å²) in [5, 5.41) is 5.26. The summed E-state index contributed by atoms with van der Waals surface area (Å²) in [6.07, 6.45) is -2.43. The normalized spacial score (nSPS) is 28.0. The summed E-state index contributed by atoms with van der Waals surface area (Å²) in [6, 6.07) is 8.54. The van der Waals surface area contributed by atoms with E-state index in [1.165, 1.54) is 23.5 Å². The molecule has 4 aromatic heterocycles. The number of ether oxygens (including phenoxy) is 2. The molecule has 2 amide bonds. The Kier molecular flexibility index (Phi) is 10.3. The molecule has 296 valence electrons. The van der Waals surface area contributed by atoms with Gasteiger partial charge in [0.15, 0.2) is 34.4 Å². The van der Waals surface area contributed by atoms with Crippen LogP contribution in [-0.2, 0) is 42.4 Å². The largest absolute Gasteiger partial charge is 0.386 e. The number of carbonyl (C=O) groups is 2. The van der Waals surface area contributed by atoms with Crippen molar-refractivity contribution in [1.29, 1.82) is 0 Å². The Hall–Kier alpha value is -4.65. The van der Waals surface area contributed by atoms with E-state index in [1.54, 1.807) is 48.7 Å². The number of nitrogens with zero attached hydrogens (tertiary/aromatic N) is 7. The molecule has 3 aliphatic rings. The number of hydrogen-bond acceptors (Lipinski definition) is 16. The van der Waals surface area contributed by atoms with Crippen molar-refractivity contribution in [3.8, 4) is 0 Å². The van der Waals surface area contributed by atoms with Crippen LogP contribution in [0.2, 0.25) is 0 Å². The number of imidazole rings is 2. The Bertz CT molecular complexity index is 2530. The quantitative estimate of drug-likeness (QED) is 0.121. The lowest BCUT2D eigenvalue weighted by Gasteiger charge is -2.24. The van der Waals surface area contributed by atoms with E-state index in [1.807, 2.05) is 0 Å². The zero-order chi connectivity index (χ0) is 39.4. The third-order valence-corrected chi connectivity index (χ3v) is 11.8. The lowest BCUT2D eigenvalue weighted by atomic mass is 10.2. The molecule has 8 rings (SSSR count). The molecule has 0 radical (unpaired) electrons. The van der Waals surface area contributed by atoms with E-state index in [4.69, 9.17) is 22.7 Å². The monoisotopic (exact) mass is 831 g/mol. The van der Waals surface area contributed by atoms with Crippen molar-refractivity contribution in [2.45, 2.75) is 63.6 Å². The van der Waals surface area contributed by atoms with Gasteiger partial charge < -0.3 is 14.8 Å². The van der Waals surface area contributed by atoms with Crippen LogP contribution in [0.4, 0.5) is 11.8 Å². The highest BCUT2D eigenvalue weighted by atomic mass is 32.7. The van der Waals surface area contributed by atoms with Gasteiger partial charge in [-0.1, -0.05) is 44.3 Å². The molecule has 3 fully saturated rings. The summed E-state index contributed by atoms with van der Waals surface area (Å²) in [5.41, 5.74) is 0.151. The van der Waals surface area contributed by atoms with Gasteiger partial charge in [0, 0.05) is 30.9 Å². The maximum atomic E-state index is 13.6. The van der Waals surface area contributed by atoms with Gasteiger partial charge in [-0.3, -0.25) is 42.9 Å². The molecule has 0 unspecified atom stereocenters. The van der Waals surface area contributed by atoms with Gasteiger partial charge in [0.05, 0.1) is 31.5 Å².